The van der Waals surface area contributed by atoms with Crippen LogP contribution in [0.5, 0.6) is 0 Å². The summed E-state index contributed by atoms with van der Waals surface area (Å²) >= 11 is 0. The molecule has 0 fully saturated rings. The molecule has 0 aliphatic heterocycles. The molecule has 104 valence electrons. The van der Waals surface area contributed by atoms with Crippen LogP contribution in [0.1, 0.15) is 18.9 Å². The second kappa shape index (κ2) is 6.31. The van der Waals surface area contributed by atoms with E-state index in [-0.39, 0.29) is 0 Å². The van der Waals surface area contributed by atoms with Crippen LogP contribution in [0.15, 0.2) is 17.8 Å². The third-order valence-electron chi connectivity index (χ3n) is 2.29. The van der Waals surface area contributed by atoms with Gasteiger partial charge in [-0.1, -0.05) is 18.7 Å². The van der Waals surface area contributed by atoms with Crippen LogP contribution < -0.4 is 0 Å². The summed E-state index contributed by atoms with van der Waals surface area (Å²) in [6.07, 6.45) is 1.79. The minimum absolute atomic E-state index is 0.379. The molecule has 0 atom stereocenters. The number of hydrogen-bond donors (Lipinski definition) is 0. The summed E-state index contributed by atoms with van der Waals surface area (Å²) < 4.78 is 64.9. The van der Waals surface area contributed by atoms with Gasteiger partial charge in [0.1, 0.15) is 6.61 Å². The first-order valence-electron chi connectivity index (χ1n) is 5.25. The monoisotopic (exact) mass is 279 g/mol. The fraction of sp³-hybridized carbons (Fsp3) is 0.250. The van der Waals surface area contributed by atoms with E-state index >= 15 is 0 Å². The molecule has 0 bridgehead atoms. The molecule has 7 heteroatoms. The van der Waals surface area contributed by atoms with Crippen molar-refractivity contribution in [3.63, 3.8) is 0 Å². The summed E-state index contributed by atoms with van der Waals surface area (Å²) in [5.41, 5.74) is -0.691. The molecular weight excluding hydrogens is 269 g/mol. The van der Waals surface area contributed by atoms with Crippen LogP contribution in [-0.2, 0) is 11.4 Å². The van der Waals surface area contributed by atoms with Crippen LogP contribution in [0.3, 0.4) is 0 Å². The molecule has 0 spiro atoms. The van der Waals surface area contributed by atoms with Crippen LogP contribution in [-0.4, -0.2) is 5.71 Å². The Labute approximate surface area is 106 Å². The first kappa shape index (κ1) is 15.1. The lowest BCUT2D eigenvalue weighted by Gasteiger charge is -2.07. The zero-order valence-electron chi connectivity index (χ0n) is 9.94. The van der Waals surface area contributed by atoms with Gasteiger partial charge in [-0.3, -0.25) is 0 Å². The van der Waals surface area contributed by atoms with E-state index in [2.05, 4.69) is 16.6 Å². The molecule has 0 saturated carbocycles. The van der Waals surface area contributed by atoms with Gasteiger partial charge < -0.3 is 4.84 Å². The highest BCUT2D eigenvalue weighted by Crippen LogP contribution is 2.23. The van der Waals surface area contributed by atoms with Gasteiger partial charge in [0.05, 0.1) is 11.3 Å². The SMILES string of the molecule is C=C/C(CC)=N\OCc1c(F)c(F)c(F)c(F)c1F. The largest absolute Gasteiger partial charge is 0.390 e. The third-order valence-corrected chi connectivity index (χ3v) is 2.29. The average Bonchev–Trinajstić information content (AvgIpc) is 2.42. The zero-order valence-corrected chi connectivity index (χ0v) is 9.94. The highest BCUT2D eigenvalue weighted by molar-refractivity contribution is 5.93. The average molecular weight is 279 g/mol. The molecule has 0 amide bonds. The molecule has 0 aromatic heterocycles. The molecule has 0 unspecified atom stereocenters. The summed E-state index contributed by atoms with van der Waals surface area (Å²) in [4.78, 5) is 4.56. The van der Waals surface area contributed by atoms with Crippen molar-refractivity contribution in [1.29, 1.82) is 0 Å². The number of rotatable bonds is 5. The first-order chi connectivity index (χ1) is 8.93. The fourth-order valence-electron chi connectivity index (χ4n) is 1.20. The zero-order chi connectivity index (χ0) is 14.6. The van der Waals surface area contributed by atoms with Crippen molar-refractivity contribution >= 4 is 5.71 Å². The number of halogens is 5. The Morgan fingerprint density at radius 2 is 1.53 bits per heavy atom. The van der Waals surface area contributed by atoms with E-state index in [0.717, 1.165) is 0 Å². The van der Waals surface area contributed by atoms with Gasteiger partial charge in [-0.15, -0.1) is 0 Å². The molecular formula is C12H10F5NO. The minimum atomic E-state index is -2.21. The van der Waals surface area contributed by atoms with Gasteiger partial charge in [-0.2, -0.15) is 0 Å². The molecule has 0 heterocycles. The standard InChI is InChI=1S/C12H10F5NO/c1-3-6(4-2)18-19-5-7-8(13)10(15)12(17)11(16)9(7)14/h3H,1,4-5H2,2H3/b18-6+. The van der Waals surface area contributed by atoms with Crippen LogP contribution in [0, 0.1) is 29.1 Å². The van der Waals surface area contributed by atoms with Crippen LogP contribution in [0.4, 0.5) is 22.0 Å². The first-order valence-corrected chi connectivity index (χ1v) is 5.25. The topological polar surface area (TPSA) is 21.6 Å². The molecule has 19 heavy (non-hydrogen) atoms. The Bertz CT molecular complexity index is 498. The van der Waals surface area contributed by atoms with Gasteiger partial charge >= 0.3 is 0 Å². The smallest absolute Gasteiger partial charge is 0.200 e. The lowest BCUT2D eigenvalue weighted by atomic mass is 10.2. The summed E-state index contributed by atoms with van der Waals surface area (Å²) in [6, 6.07) is 0. The summed E-state index contributed by atoms with van der Waals surface area (Å²) in [7, 11) is 0. The molecule has 0 aliphatic carbocycles. The van der Waals surface area contributed by atoms with Crippen molar-refractivity contribution < 1.29 is 26.8 Å². The summed E-state index contributed by atoms with van der Waals surface area (Å²) in [6.45, 7) is 4.26. The molecule has 0 aliphatic rings. The lowest BCUT2D eigenvalue weighted by molar-refractivity contribution is 0.122. The molecule has 1 aromatic rings. The van der Waals surface area contributed by atoms with Crippen molar-refractivity contribution in [2.24, 2.45) is 5.16 Å². The van der Waals surface area contributed by atoms with Gasteiger partial charge in [0.2, 0.25) is 5.82 Å². The number of hydrogen-bond acceptors (Lipinski definition) is 2. The minimum Gasteiger partial charge on any atom is -0.390 e. The number of nitrogens with zero attached hydrogens (tertiary/aromatic N) is 1. The van der Waals surface area contributed by atoms with E-state index in [1.165, 1.54) is 6.08 Å². The Morgan fingerprint density at radius 3 is 1.95 bits per heavy atom. The van der Waals surface area contributed by atoms with Crippen molar-refractivity contribution in [3.05, 3.63) is 47.3 Å². The quantitative estimate of drug-likeness (QED) is 0.264. The second-order valence-electron chi connectivity index (χ2n) is 3.46. The number of benzene rings is 1. The van der Waals surface area contributed by atoms with E-state index in [1.807, 2.05) is 0 Å². The second-order valence-corrected chi connectivity index (χ2v) is 3.46. The molecule has 0 saturated heterocycles. The molecule has 0 N–H and O–H groups in total. The predicted molar refractivity (Wildman–Crippen MR) is 58.9 cm³/mol. The van der Waals surface area contributed by atoms with E-state index < -0.39 is 41.3 Å². The van der Waals surface area contributed by atoms with Gasteiger partial charge in [0.15, 0.2) is 23.3 Å². The Kier molecular flexibility index (Phi) is 5.02. The lowest BCUT2D eigenvalue weighted by Crippen LogP contribution is -2.08. The molecule has 1 rings (SSSR count). The molecule has 0 radical (unpaired) electrons. The maximum absolute atomic E-state index is 13.2. The van der Waals surface area contributed by atoms with Gasteiger partial charge in [0.25, 0.3) is 0 Å². The number of allylic oxidation sites excluding steroid dienone is 1. The van der Waals surface area contributed by atoms with Crippen LogP contribution >= 0.6 is 0 Å². The van der Waals surface area contributed by atoms with Gasteiger partial charge in [-0.05, 0) is 12.5 Å². The maximum Gasteiger partial charge on any atom is 0.200 e. The van der Waals surface area contributed by atoms with Gasteiger partial charge in [-0.25, -0.2) is 22.0 Å². The Morgan fingerprint density at radius 1 is 1.05 bits per heavy atom. The maximum atomic E-state index is 13.2. The fourth-order valence-corrected chi connectivity index (χ4v) is 1.20. The van der Waals surface area contributed by atoms with E-state index in [4.69, 9.17) is 0 Å². The normalized spacial score (nSPS) is 11.6. The molecule has 1 aromatic carbocycles. The molecule has 2 nitrogen and oxygen atoms in total. The highest BCUT2D eigenvalue weighted by Gasteiger charge is 2.25. The summed E-state index contributed by atoms with van der Waals surface area (Å²) in [5.74, 6) is -10.1. The van der Waals surface area contributed by atoms with Gasteiger partial charge in [0, 0.05) is 0 Å². The van der Waals surface area contributed by atoms with Crippen molar-refractivity contribution in [1.82, 2.24) is 0 Å². The van der Waals surface area contributed by atoms with Crippen molar-refractivity contribution in [3.8, 4) is 0 Å². The van der Waals surface area contributed by atoms with E-state index in [9.17, 15) is 22.0 Å². The van der Waals surface area contributed by atoms with Crippen molar-refractivity contribution in [2.75, 3.05) is 0 Å². The van der Waals surface area contributed by atoms with Crippen molar-refractivity contribution in [2.45, 2.75) is 20.0 Å². The number of oxime groups is 1. The van der Waals surface area contributed by atoms with E-state index in [0.29, 0.717) is 12.1 Å². The predicted octanol–water partition coefficient (Wildman–Crippen LogP) is 3.85. The van der Waals surface area contributed by atoms with Crippen LogP contribution in [0.25, 0.3) is 0 Å². The highest BCUT2D eigenvalue weighted by atomic mass is 19.2. The Hall–Kier alpha value is -1.92. The van der Waals surface area contributed by atoms with E-state index in [1.54, 1.807) is 6.92 Å². The Balaban J connectivity index is 3.03. The summed E-state index contributed by atoms with van der Waals surface area (Å²) in [5, 5.41) is 3.45. The third kappa shape index (κ3) is 3.10. The van der Waals surface area contributed by atoms with Crippen LogP contribution in [0.2, 0.25) is 0 Å².